The van der Waals surface area contributed by atoms with Gasteiger partial charge in [0, 0.05) is 6.42 Å². The number of rotatable bonds is 3. The summed E-state index contributed by atoms with van der Waals surface area (Å²) in [5.74, 6) is 0. The smallest absolute Gasteiger partial charge is 0.192 e. The van der Waals surface area contributed by atoms with E-state index < -0.39 is 3.79 Å². The predicted octanol–water partition coefficient (Wildman–Crippen LogP) is 3.04. The lowest BCUT2D eigenvalue weighted by molar-refractivity contribution is 0.816. The minimum Gasteiger partial charge on any atom is -0.319 e. The van der Waals surface area contributed by atoms with Crippen molar-refractivity contribution in [1.82, 2.24) is 0 Å². The summed E-state index contributed by atoms with van der Waals surface area (Å²) < 4.78 is -1.22. The van der Waals surface area contributed by atoms with Gasteiger partial charge in [-0.3, -0.25) is 0 Å². The molecule has 0 aliphatic carbocycles. The second-order valence-electron chi connectivity index (χ2n) is 1.62. The van der Waals surface area contributed by atoms with Gasteiger partial charge in [-0.1, -0.05) is 56.4 Å². The zero-order chi connectivity index (χ0) is 8.20. The van der Waals surface area contributed by atoms with Crippen molar-refractivity contribution in [3.05, 3.63) is 0 Å². The monoisotopic (exact) mass is 239 g/mol. The third-order valence-corrected chi connectivity index (χ3v) is 3.04. The molecule has 6 heteroatoms. The van der Waals surface area contributed by atoms with Crippen molar-refractivity contribution in [3.8, 4) is 0 Å². The molecule has 1 atom stereocenters. The van der Waals surface area contributed by atoms with Gasteiger partial charge in [0.2, 0.25) is 0 Å². The summed E-state index contributed by atoms with van der Waals surface area (Å²) in [7, 11) is 3.07. The highest BCUT2D eigenvalue weighted by atomic mass is 35.6. The first kappa shape index (κ1) is 11.5. The van der Waals surface area contributed by atoms with Crippen molar-refractivity contribution in [2.75, 3.05) is 6.26 Å². The molecule has 0 saturated heterocycles. The molecule has 10 heavy (non-hydrogen) atoms. The fourth-order valence-corrected chi connectivity index (χ4v) is 2.67. The fraction of sp³-hybridized carbons (Fsp3) is 1.00. The van der Waals surface area contributed by atoms with E-state index in [0.717, 1.165) is 0 Å². The first-order chi connectivity index (χ1) is 4.45. The number of halogens is 3. The van der Waals surface area contributed by atoms with Crippen LogP contribution in [0.3, 0.4) is 0 Å². The van der Waals surface area contributed by atoms with Crippen LogP contribution in [0, 0.1) is 0 Å². The Bertz CT molecular complexity index is 95.0. The van der Waals surface area contributed by atoms with Crippen molar-refractivity contribution >= 4 is 56.4 Å². The molecule has 0 amide bonds. The molecule has 0 aromatic carbocycles. The van der Waals surface area contributed by atoms with Crippen LogP contribution in [0.2, 0.25) is 0 Å². The third kappa shape index (κ3) is 7.63. The largest absolute Gasteiger partial charge is 0.319 e. The Labute approximate surface area is 83.7 Å². The maximum atomic E-state index is 5.56. The van der Waals surface area contributed by atoms with Crippen LogP contribution in [-0.4, -0.2) is 15.4 Å². The minimum atomic E-state index is -1.22. The zero-order valence-corrected chi connectivity index (χ0v) is 9.21. The number of hydrogen-bond donors (Lipinski definition) is 1. The van der Waals surface area contributed by atoms with E-state index in [1.165, 1.54) is 10.8 Å². The van der Waals surface area contributed by atoms with Crippen LogP contribution in [-0.2, 0) is 0 Å². The summed E-state index contributed by atoms with van der Waals surface area (Å²) in [6.45, 7) is 0. The molecule has 0 spiro atoms. The Hall–Kier alpha value is 1.53. The van der Waals surface area contributed by atoms with Crippen LogP contribution in [0.15, 0.2) is 0 Å². The van der Waals surface area contributed by atoms with Crippen molar-refractivity contribution < 1.29 is 0 Å². The van der Waals surface area contributed by atoms with Crippen molar-refractivity contribution in [1.29, 1.82) is 0 Å². The van der Waals surface area contributed by atoms with Gasteiger partial charge in [-0.25, -0.2) is 0 Å². The van der Waals surface area contributed by atoms with Gasteiger partial charge >= 0.3 is 0 Å². The summed E-state index contributed by atoms with van der Waals surface area (Å²) in [6.07, 6.45) is 2.31. The Morgan fingerprint density at radius 3 is 2.30 bits per heavy atom. The topological polar surface area (TPSA) is 26.0 Å². The van der Waals surface area contributed by atoms with E-state index in [1.807, 2.05) is 6.26 Å². The average molecular weight is 241 g/mol. The SMILES string of the molecule is CSS[C@H](N)CC(Cl)(Cl)Cl. The molecule has 1 nitrogen and oxygen atoms in total. The van der Waals surface area contributed by atoms with E-state index in [4.69, 9.17) is 40.5 Å². The lowest BCUT2D eigenvalue weighted by Gasteiger charge is -2.14. The maximum absolute atomic E-state index is 5.56. The molecule has 62 valence electrons. The summed E-state index contributed by atoms with van der Waals surface area (Å²) >= 11 is 16.5. The minimum absolute atomic E-state index is 0.109. The molecule has 0 fully saturated rings. The van der Waals surface area contributed by atoms with E-state index >= 15 is 0 Å². The number of hydrogen-bond acceptors (Lipinski definition) is 3. The molecule has 0 aromatic heterocycles. The fourth-order valence-electron chi connectivity index (χ4n) is 0.386. The first-order valence-corrected chi connectivity index (χ1v) is 6.23. The molecule has 0 aliphatic rings. The zero-order valence-electron chi connectivity index (χ0n) is 5.31. The average Bonchev–Trinajstić information content (AvgIpc) is 1.59. The molecular weight excluding hydrogens is 233 g/mol. The maximum Gasteiger partial charge on any atom is 0.192 e. The van der Waals surface area contributed by atoms with Crippen LogP contribution in [0.4, 0.5) is 0 Å². The van der Waals surface area contributed by atoms with Gasteiger partial charge in [0.05, 0.1) is 5.37 Å². The van der Waals surface area contributed by atoms with Gasteiger partial charge in [0.25, 0.3) is 0 Å². The highest BCUT2D eigenvalue weighted by Gasteiger charge is 2.23. The van der Waals surface area contributed by atoms with Crippen molar-refractivity contribution in [3.63, 3.8) is 0 Å². The van der Waals surface area contributed by atoms with E-state index in [2.05, 4.69) is 0 Å². The number of nitrogens with two attached hydrogens (primary N) is 1. The lowest BCUT2D eigenvalue weighted by Crippen LogP contribution is -2.21. The second-order valence-corrected chi connectivity index (χ2v) is 6.85. The van der Waals surface area contributed by atoms with E-state index in [1.54, 1.807) is 10.8 Å². The molecular formula is C4H8Cl3NS2. The summed E-state index contributed by atoms with van der Waals surface area (Å²) in [6, 6.07) is 0. The molecule has 0 heterocycles. The van der Waals surface area contributed by atoms with E-state index in [9.17, 15) is 0 Å². The molecule has 0 radical (unpaired) electrons. The molecule has 0 rings (SSSR count). The predicted molar refractivity (Wildman–Crippen MR) is 54.0 cm³/mol. The van der Waals surface area contributed by atoms with Gasteiger partial charge in [0.15, 0.2) is 3.79 Å². The highest BCUT2D eigenvalue weighted by Crippen LogP contribution is 2.35. The normalized spacial score (nSPS) is 15.3. The summed E-state index contributed by atoms with van der Waals surface area (Å²) in [5, 5.41) is -0.109. The third-order valence-electron chi connectivity index (χ3n) is 0.652. The van der Waals surface area contributed by atoms with Crippen molar-refractivity contribution in [2.24, 2.45) is 5.73 Å². The highest BCUT2D eigenvalue weighted by molar-refractivity contribution is 8.76. The lowest BCUT2D eigenvalue weighted by atomic mass is 10.5. The van der Waals surface area contributed by atoms with Gasteiger partial charge in [0.1, 0.15) is 0 Å². The molecule has 0 bridgehead atoms. The molecule has 0 aliphatic heterocycles. The number of alkyl halides is 3. The van der Waals surface area contributed by atoms with Gasteiger partial charge in [-0.2, -0.15) is 0 Å². The van der Waals surface area contributed by atoms with E-state index in [-0.39, 0.29) is 5.37 Å². The Morgan fingerprint density at radius 1 is 1.50 bits per heavy atom. The standard InChI is InChI=1S/C4H8Cl3NS2/c1-9-10-3(8)2-4(5,6)7/h3H,2,8H2,1H3/t3-/m0/s1. The molecule has 2 N–H and O–H groups in total. The van der Waals surface area contributed by atoms with Gasteiger partial charge < -0.3 is 5.73 Å². The molecule has 0 unspecified atom stereocenters. The summed E-state index contributed by atoms with van der Waals surface area (Å²) in [5.41, 5.74) is 5.56. The van der Waals surface area contributed by atoms with Gasteiger partial charge in [-0.05, 0) is 6.26 Å². The van der Waals surface area contributed by atoms with Crippen molar-refractivity contribution in [2.45, 2.75) is 15.6 Å². The first-order valence-electron chi connectivity index (χ1n) is 2.47. The van der Waals surface area contributed by atoms with Gasteiger partial charge in [-0.15, -0.1) is 0 Å². The Kier molecular flexibility index (Phi) is 6.02. The quantitative estimate of drug-likeness (QED) is 0.467. The van der Waals surface area contributed by atoms with Crippen LogP contribution in [0.25, 0.3) is 0 Å². The van der Waals surface area contributed by atoms with E-state index in [0.29, 0.717) is 6.42 Å². The van der Waals surface area contributed by atoms with Crippen LogP contribution >= 0.6 is 56.4 Å². The van der Waals surface area contributed by atoms with Crippen LogP contribution in [0.1, 0.15) is 6.42 Å². The molecule has 0 saturated carbocycles. The Morgan fingerprint density at radius 2 is 2.00 bits per heavy atom. The second kappa shape index (κ2) is 5.22. The Balaban J connectivity index is 3.47. The summed E-state index contributed by atoms with van der Waals surface area (Å²) in [4.78, 5) is 0. The molecule has 0 aromatic rings. The van der Waals surface area contributed by atoms with Crippen LogP contribution < -0.4 is 5.73 Å². The van der Waals surface area contributed by atoms with Crippen LogP contribution in [0.5, 0.6) is 0 Å².